The summed E-state index contributed by atoms with van der Waals surface area (Å²) in [4.78, 5) is 0. The molecular formula is C19H41N. The molecule has 1 N–H and O–H groups in total. The van der Waals surface area contributed by atoms with Crippen LogP contribution in [0, 0.1) is 23.2 Å². The second-order valence-corrected chi connectivity index (χ2v) is 8.63. The van der Waals surface area contributed by atoms with Crippen LogP contribution in [0.2, 0.25) is 0 Å². The second-order valence-electron chi connectivity index (χ2n) is 8.63. The van der Waals surface area contributed by atoms with Gasteiger partial charge in [-0.1, -0.05) is 67.7 Å². The van der Waals surface area contributed by atoms with E-state index in [1.807, 2.05) is 0 Å². The van der Waals surface area contributed by atoms with Crippen LogP contribution in [0.3, 0.4) is 0 Å². The third-order valence-corrected chi connectivity index (χ3v) is 4.07. The minimum Gasteiger partial charge on any atom is -0.317 e. The standard InChI is InChI=1S/C19H41N/c1-16(2)9-8-10-17(3)11-13-20-14-12-18(4)15-19(5,6)7/h16-18,20H,8-15H2,1-7H3. The maximum Gasteiger partial charge on any atom is -0.00464 e. The molecule has 0 aliphatic heterocycles. The molecule has 0 heterocycles. The Bertz CT molecular complexity index is 214. The summed E-state index contributed by atoms with van der Waals surface area (Å²) in [6.45, 7) is 18.9. The van der Waals surface area contributed by atoms with E-state index in [4.69, 9.17) is 0 Å². The van der Waals surface area contributed by atoms with Crippen LogP contribution in [0.1, 0.15) is 87.0 Å². The predicted octanol–water partition coefficient (Wildman–Crippen LogP) is 5.89. The molecule has 0 radical (unpaired) electrons. The van der Waals surface area contributed by atoms with E-state index < -0.39 is 0 Å². The van der Waals surface area contributed by atoms with Crippen LogP contribution in [0.15, 0.2) is 0 Å². The van der Waals surface area contributed by atoms with Crippen molar-refractivity contribution in [3.05, 3.63) is 0 Å². The quantitative estimate of drug-likeness (QED) is 0.466. The minimum atomic E-state index is 0.477. The van der Waals surface area contributed by atoms with Crippen molar-refractivity contribution < 1.29 is 0 Å². The van der Waals surface area contributed by atoms with Crippen molar-refractivity contribution in [1.29, 1.82) is 0 Å². The van der Waals surface area contributed by atoms with E-state index in [-0.39, 0.29) is 0 Å². The Labute approximate surface area is 129 Å². The maximum atomic E-state index is 3.63. The van der Waals surface area contributed by atoms with Gasteiger partial charge in [-0.3, -0.25) is 0 Å². The molecule has 0 aromatic rings. The average Bonchev–Trinajstić information content (AvgIpc) is 2.25. The van der Waals surface area contributed by atoms with Crippen molar-refractivity contribution in [3.8, 4) is 0 Å². The first-order valence-corrected chi connectivity index (χ1v) is 8.91. The number of hydrogen-bond acceptors (Lipinski definition) is 1. The Hall–Kier alpha value is -0.0400. The molecule has 0 saturated carbocycles. The van der Waals surface area contributed by atoms with Gasteiger partial charge in [-0.2, -0.15) is 0 Å². The van der Waals surface area contributed by atoms with Crippen molar-refractivity contribution >= 4 is 0 Å². The fourth-order valence-corrected chi connectivity index (χ4v) is 2.99. The van der Waals surface area contributed by atoms with Crippen LogP contribution < -0.4 is 5.32 Å². The molecule has 0 aliphatic carbocycles. The molecule has 0 rings (SSSR count). The van der Waals surface area contributed by atoms with Gasteiger partial charge < -0.3 is 5.32 Å². The van der Waals surface area contributed by atoms with Crippen molar-refractivity contribution in [3.63, 3.8) is 0 Å². The first-order chi connectivity index (χ1) is 9.20. The summed E-state index contributed by atoms with van der Waals surface area (Å²) in [5.41, 5.74) is 0.477. The molecule has 20 heavy (non-hydrogen) atoms. The molecule has 0 saturated heterocycles. The molecule has 0 spiro atoms. The van der Waals surface area contributed by atoms with Gasteiger partial charge in [0.05, 0.1) is 0 Å². The van der Waals surface area contributed by atoms with E-state index in [9.17, 15) is 0 Å². The predicted molar refractivity (Wildman–Crippen MR) is 93.2 cm³/mol. The van der Waals surface area contributed by atoms with E-state index in [1.54, 1.807) is 0 Å². The molecule has 0 bridgehead atoms. The fraction of sp³-hybridized carbons (Fsp3) is 1.00. The summed E-state index contributed by atoms with van der Waals surface area (Å²) in [5, 5.41) is 3.63. The number of nitrogens with one attached hydrogen (secondary N) is 1. The van der Waals surface area contributed by atoms with Crippen LogP contribution in [0.25, 0.3) is 0 Å². The highest BCUT2D eigenvalue weighted by Gasteiger charge is 2.14. The largest absolute Gasteiger partial charge is 0.317 e. The number of hydrogen-bond donors (Lipinski definition) is 1. The van der Waals surface area contributed by atoms with Crippen molar-refractivity contribution in [1.82, 2.24) is 5.32 Å². The van der Waals surface area contributed by atoms with E-state index >= 15 is 0 Å². The number of rotatable bonds is 11. The molecular weight excluding hydrogens is 242 g/mol. The third-order valence-electron chi connectivity index (χ3n) is 4.07. The van der Waals surface area contributed by atoms with Crippen molar-refractivity contribution in [2.24, 2.45) is 23.2 Å². The Morgan fingerprint density at radius 1 is 0.750 bits per heavy atom. The van der Waals surface area contributed by atoms with E-state index in [0.717, 1.165) is 17.8 Å². The van der Waals surface area contributed by atoms with Crippen molar-refractivity contribution in [2.45, 2.75) is 87.0 Å². The molecule has 0 aliphatic rings. The summed E-state index contributed by atoms with van der Waals surface area (Å²) in [5.74, 6) is 2.59. The molecule has 1 heteroatoms. The smallest absolute Gasteiger partial charge is 0.00464 e. The van der Waals surface area contributed by atoms with Crippen LogP contribution in [-0.4, -0.2) is 13.1 Å². The van der Waals surface area contributed by atoms with E-state index in [1.165, 1.54) is 51.6 Å². The van der Waals surface area contributed by atoms with Crippen LogP contribution in [-0.2, 0) is 0 Å². The molecule has 0 fully saturated rings. The van der Waals surface area contributed by atoms with Crippen LogP contribution >= 0.6 is 0 Å². The second kappa shape index (κ2) is 10.7. The Morgan fingerprint density at radius 2 is 1.30 bits per heavy atom. The lowest BCUT2D eigenvalue weighted by molar-refractivity contribution is 0.294. The van der Waals surface area contributed by atoms with E-state index in [0.29, 0.717) is 5.41 Å². The lowest BCUT2D eigenvalue weighted by atomic mass is 9.84. The summed E-state index contributed by atoms with van der Waals surface area (Å²) in [6, 6.07) is 0. The zero-order chi connectivity index (χ0) is 15.6. The highest BCUT2D eigenvalue weighted by atomic mass is 14.8. The first-order valence-electron chi connectivity index (χ1n) is 8.91. The fourth-order valence-electron chi connectivity index (χ4n) is 2.99. The van der Waals surface area contributed by atoms with Crippen molar-refractivity contribution in [2.75, 3.05) is 13.1 Å². The Balaban J connectivity index is 3.43. The van der Waals surface area contributed by atoms with Crippen LogP contribution in [0.5, 0.6) is 0 Å². The van der Waals surface area contributed by atoms with Gasteiger partial charge in [-0.15, -0.1) is 0 Å². The van der Waals surface area contributed by atoms with Gasteiger partial charge in [-0.25, -0.2) is 0 Å². The van der Waals surface area contributed by atoms with Gasteiger partial charge in [0.1, 0.15) is 0 Å². The van der Waals surface area contributed by atoms with Gasteiger partial charge in [0.2, 0.25) is 0 Å². The molecule has 2 atom stereocenters. The third kappa shape index (κ3) is 14.4. The van der Waals surface area contributed by atoms with Gasteiger partial charge >= 0.3 is 0 Å². The van der Waals surface area contributed by atoms with Gasteiger partial charge in [0, 0.05) is 0 Å². The molecule has 2 unspecified atom stereocenters. The van der Waals surface area contributed by atoms with E-state index in [2.05, 4.69) is 53.8 Å². The Morgan fingerprint density at radius 3 is 1.80 bits per heavy atom. The highest BCUT2D eigenvalue weighted by Crippen LogP contribution is 2.25. The maximum absolute atomic E-state index is 3.63. The SMILES string of the molecule is CC(C)CCCC(C)CCNCCC(C)CC(C)(C)C. The zero-order valence-corrected chi connectivity index (χ0v) is 15.4. The summed E-state index contributed by atoms with van der Waals surface area (Å²) >= 11 is 0. The van der Waals surface area contributed by atoms with Gasteiger partial charge in [-0.05, 0) is 55.5 Å². The average molecular weight is 284 g/mol. The summed E-state index contributed by atoms with van der Waals surface area (Å²) < 4.78 is 0. The monoisotopic (exact) mass is 283 g/mol. The molecule has 0 aromatic heterocycles. The molecule has 0 aromatic carbocycles. The minimum absolute atomic E-state index is 0.477. The van der Waals surface area contributed by atoms with Gasteiger partial charge in [0.15, 0.2) is 0 Å². The first kappa shape index (κ1) is 20.0. The summed E-state index contributed by atoms with van der Waals surface area (Å²) in [7, 11) is 0. The lowest BCUT2D eigenvalue weighted by Crippen LogP contribution is -2.22. The molecule has 0 amide bonds. The summed E-state index contributed by atoms with van der Waals surface area (Å²) in [6.07, 6.45) is 8.19. The molecule has 122 valence electrons. The highest BCUT2D eigenvalue weighted by molar-refractivity contribution is 4.67. The topological polar surface area (TPSA) is 12.0 Å². The van der Waals surface area contributed by atoms with Crippen LogP contribution in [0.4, 0.5) is 0 Å². The van der Waals surface area contributed by atoms with Gasteiger partial charge in [0.25, 0.3) is 0 Å². The zero-order valence-electron chi connectivity index (χ0n) is 15.4. The molecule has 1 nitrogen and oxygen atoms in total. The lowest BCUT2D eigenvalue weighted by Gasteiger charge is -2.23. The normalized spacial score (nSPS) is 15.6. The Kier molecular flexibility index (Phi) is 10.6.